The second-order valence-corrected chi connectivity index (χ2v) is 9.53. The number of imidazole rings is 1. The van der Waals surface area contributed by atoms with E-state index < -0.39 is 55.2 Å². The summed E-state index contributed by atoms with van der Waals surface area (Å²) in [5.41, 5.74) is 5.37. The molecule has 4 atom stereocenters. The number of alkyl halides is 1. The number of hydrogen-bond donors (Lipinski definition) is 4. The van der Waals surface area contributed by atoms with E-state index in [1.165, 1.54) is 6.33 Å². The first-order valence-electron chi connectivity index (χ1n) is 12.0. The average Bonchev–Trinajstić information content (AvgIpc) is 3.47. The van der Waals surface area contributed by atoms with Crippen molar-refractivity contribution in [3.05, 3.63) is 71.8 Å². The van der Waals surface area contributed by atoms with E-state index in [-0.39, 0.29) is 22.3 Å². The summed E-state index contributed by atoms with van der Waals surface area (Å²) >= 11 is 5.86. The molecule has 0 radical (unpaired) electrons. The molecule has 1 aliphatic heterocycles. The number of halogens is 2. The lowest BCUT2D eigenvalue weighted by Gasteiger charge is -2.27. The Balaban J connectivity index is 1.35. The first-order valence-corrected chi connectivity index (χ1v) is 12.4. The molecule has 14 heteroatoms. The SMILES string of the molecule is Nc1nc(Cl)nc2c1ncn2C1O[C@H](COC(Cc2ccc(-c3ccccc3)cc2)(C(=O)O)C(=O)O)[C@@H](O)[C@@H]1F. The van der Waals surface area contributed by atoms with E-state index in [0.29, 0.717) is 5.56 Å². The summed E-state index contributed by atoms with van der Waals surface area (Å²) in [7, 11) is 0. The molecule has 2 aromatic heterocycles. The van der Waals surface area contributed by atoms with Crippen LogP contribution >= 0.6 is 11.6 Å². The van der Waals surface area contributed by atoms with Crippen molar-refractivity contribution < 1.29 is 38.8 Å². The van der Waals surface area contributed by atoms with E-state index in [2.05, 4.69) is 15.0 Å². The quantitative estimate of drug-likeness (QED) is 0.171. The molecule has 4 aromatic rings. The number of aliphatic carboxylic acids is 2. The molecule has 2 aromatic carbocycles. The standard InChI is InChI=1S/C26H23ClFN5O7/c27-25-31-20(29)18-21(32-25)33(12-30-18)22-17(28)19(34)16(40-22)11-39-26(23(35)36,24(37)38)10-13-6-8-15(9-7-13)14-4-2-1-3-5-14/h1-9,12,16-17,19,22,34H,10-11H2,(H,35,36)(H,37,38)(H2,29,31,32)/t16-,17+,19-,22?/m1/s1. The third-order valence-electron chi connectivity index (χ3n) is 6.69. The van der Waals surface area contributed by atoms with Crippen molar-refractivity contribution in [1.82, 2.24) is 19.5 Å². The molecule has 12 nitrogen and oxygen atoms in total. The minimum Gasteiger partial charge on any atom is -0.479 e. The Kier molecular flexibility index (Phi) is 7.38. The molecule has 0 saturated carbocycles. The number of anilines is 1. The number of ether oxygens (including phenoxy) is 2. The molecule has 40 heavy (non-hydrogen) atoms. The maximum absolute atomic E-state index is 15.2. The number of carboxylic acid groups (broad SMARTS) is 2. The Labute approximate surface area is 230 Å². The van der Waals surface area contributed by atoms with Gasteiger partial charge in [-0.05, 0) is 28.3 Å². The Bertz CT molecular complexity index is 1540. The number of aliphatic hydroxyl groups is 1. The molecule has 1 aliphatic rings. The maximum Gasteiger partial charge on any atom is 0.348 e. The number of aromatic nitrogens is 4. The van der Waals surface area contributed by atoms with Gasteiger partial charge in [0.1, 0.15) is 17.7 Å². The molecule has 1 fully saturated rings. The number of carboxylic acids is 2. The zero-order valence-corrected chi connectivity index (χ0v) is 21.3. The monoisotopic (exact) mass is 571 g/mol. The topological polar surface area (TPSA) is 183 Å². The predicted molar refractivity (Wildman–Crippen MR) is 139 cm³/mol. The van der Waals surface area contributed by atoms with Crippen molar-refractivity contribution in [1.29, 1.82) is 0 Å². The van der Waals surface area contributed by atoms with Crippen LogP contribution in [0.4, 0.5) is 10.2 Å². The fourth-order valence-electron chi connectivity index (χ4n) is 4.54. The third-order valence-corrected chi connectivity index (χ3v) is 6.86. The number of nitrogens with two attached hydrogens (primary N) is 1. The molecule has 0 bridgehead atoms. The van der Waals surface area contributed by atoms with Crippen LogP contribution in [0.3, 0.4) is 0 Å². The van der Waals surface area contributed by atoms with Gasteiger partial charge < -0.3 is 30.5 Å². The van der Waals surface area contributed by atoms with E-state index in [9.17, 15) is 24.9 Å². The van der Waals surface area contributed by atoms with E-state index in [0.717, 1.165) is 15.7 Å². The minimum atomic E-state index is -2.74. The molecule has 5 N–H and O–H groups in total. The molecule has 208 valence electrons. The van der Waals surface area contributed by atoms with Crippen molar-refractivity contribution in [3.8, 4) is 11.1 Å². The molecular formula is C26H23ClFN5O7. The summed E-state index contributed by atoms with van der Waals surface area (Å²) in [5.74, 6) is -3.59. The normalized spacial score (nSPS) is 21.1. The van der Waals surface area contributed by atoms with Gasteiger partial charge in [0.25, 0.3) is 5.60 Å². The van der Waals surface area contributed by atoms with E-state index in [1.54, 1.807) is 24.3 Å². The van der Waals surface area contributed by atoms with Gasteiger partial charge in [-0.1, -0.05) is 54.6 Å². The van der Waals surface area contributed by atoms with E-state index in [1.807, 2.05) is 30.3 Å². The molecule has 1 unspecified atom stereocenters. The molecule has 0 aliphatic carbocycles. The highest BCUT2D eigenvalue weighted by Crippen LogP contribution is 2.35. The first-order chi connectivity index (χ1) is 19.1. The molecule has 1 saturated heterocycles. The Morgan fingerprint density at radius 2 is 1.73 bits per heavy atom. The van der Waals surface area contributed by atoms with Gasteiger partial charge in [-0.15, -0.1) is 0 Å². The van der Waals surface area contributed by atoms with Gasteiger partial charge in [0, 0.05) is 6.42 Å². The van der Waals surface area contributed by atoms with Crippen molar-refractivity contribution in [2.24, 2.45) is 0 Å². The highest BCUT2D eigenvalue weighted by molar-refractivity contribution is 6.28. The van der Waals surface area contributed by atoms with Crippen molar-refractivity contribution in [2.75, 3.05) is 12.3 Å². The van der Waals surface area contributed by atoms with Crippen LogP contribution in [0, 0.1) is 0 Å². The number of hydrogen-bond acceptors (Lipinski definition) is 9. The van der Waals surface area contributed by atoms with Crippen molar-refractivity contribution in [2.45, 2.75) is 36.6 Å². The van der Waals surface area contributed by atoms with Crippen LogP contribution in [0.2, 0.25) is 5.28 Å². The summed E-state index contributed by atoms with van der Waals surface area (Å²) in [4.78, 5) is 36.3. The number of nitrogens with zero attached hydrogens (tertiary/aromatic N) is 4. The summed E-state index contributed by atoms with van der Waals surface area (Å²) in [5, 5.41) is 30.1. The first kappa shape index (κ1) is 27.4. The van der Waals surface area contributed by atoms with Crippen LogP contribution in [0.5, 0.6) is 0 Å². The van der Waals surface area contributed by atoms with Crippen LogP contribution < -0.4 is 5.73 Å². The Morgan fingerprint density at radius 1 is 1.07 bits per heavy atom. The molecule has 0 spiro atoms. The maximum atomic E-state index is 15.2. The molecular weight excluding hydrogens is 549 g/mol. The van der Waals surface area contributed by atoms with Gasteiger partial charge in [0.2, 0.25) is 5.28 Å². The van der Waals surface area contributed by atoms with Crippen molar-refractivity contribution >= 4 is 40.5 Å². The molecule has 3 heterocycles. The molecule has 0 amide bonds. The number of carbonyl (C=O) groups is 2. The van der Waals surface area contributed by atoms with Crippen LogP contribution in [-0.4, -0.2) is 77.4 Å². The minimum absolute atomic E-state index is 0.0447. The van der Waals surface area contributed by atoms with Crippen LogP contribution in [0.25, 0.3) is 22.3 Å². The van der Waals surface area contributed by atoms with Gasteiger partial charge in [-0.2, -0.15) is 9.97 Å². The van der Waals surface area contributed by atoms with Crippen LogP contribution in [0.15, 0.2) is 60.9 Å². The van der Waals surface area contributed by atoms with Crippen LogP contribution in [0.1, 0.15) is 11.8 Å². The van der Waals surface area contributed by atoms with Gasteiger partial charge in [0.05, 0.1) is 12.9 Å². The largest absolute Gasteiger partial charge is 0.479 e. The number of fused-ring (bicyclic) bond motifs is 1. The average molecular weight is 572 g/mol. The number of benzene rings is 2. The van der Waals surface area contributed by atoms with E-state index in [4.69, 9.17) is 26.8 Å². The highest BCUT2D eigenvalue weighted by atomic mass is 35.5. The lowest BCUT2D eigenvalue weighted by molar-refractivity contribution is -0.190. The second-order valence-electron chi connectivity index (χ2n) is 9.19. The lowest BCUT2D eigenvalue weighted by Crippen LogP contribution is -2.52. The number of rotatable bonds is 9. The van der Waals surface area contributed by atoms with Gasteiger partial charge in [-0.3, -0.25) is 4.57 Å². The zero-order valence-electron chi connectivity index (χ0n) is 20.6. The van der Waals surface area contributed by atoms with Crippen molar-refractivity contribution in [3.63, 3.8) is 0 Å². The van der Waals surface area contributed by atoms with Gasteiger partial charge in [0.15, 0.2) is 23.9 Å². The second kappa shape index (κ2) is 10.8. The van der Waals surface area contributed by atoms with E-state index >= 15 is 4.39 Å². The summed E-state index contributed by atoms with van der Waals surface area (Å²) in [6.07, 6.45) is -6.08. The third kappa shape index (κ3) is 4.95. The Morgan fingerprint density at radius 3 is 2.38 bits per heavy atom. The Hall–Kier alpha value is -4.17. The highest BCUT2D eigenvalue weighted by Gasteiger charge is 2.52. The zero-order chi connectivity index (χ0) is 28.6. The lowest BCUT2D eigenvalue weighted by atomic mass is 9.93. The predicted octanol–water partition coefficient (Wildman–Crippen LogP) is 2.49. The fourth-order valence-corrected chi connectivity index (χ4v) is 4.71. The van der Waals surface area contributed by atoms with Crippen LogP contribution in [-0.2, 0) is 25.5 Å². The fraction of sp³-hybridized carbons (Fsp3) is 0.269. The summed E-state index contributed by atoms with van der Waals surface area (Å²) in [6.45, 7) is -0.747. The number of nitrogen functional groups attached to an aromatic ring is 1. The number of aliphatic hydroxyl groups excluding tert-OH is 1. The molecule has 5 rings (SSSR count). The summed E-state index contributed by atoms with van der Waals surface area (Å²) in [6, 6.07) is 16.1. The smallest absolute Gasteiger partial charge is 0.348 e. The van der Waals surface area contributed by atoms with Gasteiger partial charge in [-0.25, -0.2) is 19.0 Å². The summed E-state index contributed by atoms with van der Waals surface area (Å²) < 4.78 is 27.4. The van der Waals surface area contributed by atoms with Gasteiger partial charge >= 0.3 is 11.9 Å².